The largest absolute Gasteiger partial charge is 0.405 e. The second-order valence-corrected chi connectivity index (χ2v) is 13.7. The van der Waals surface area contributed by atoms with Crippen LogP contribution in [0, 0.1) is 0 Å². The highest BCUT2D eigenvalue weighted by Crippen LogP contribution is 2.37. The van der Waals surface area contributed by atoms with E-state index in [1.807, 2.05) is 12.1 Å². The van der Waals surface area contributed by atoms with Crippen LogP contribution in [0.15, 0.2) is 60.7 Å². The SMILES string of the molecule is CO[C@@H]1O[C@H](CO[Si](c2ccccc2)(c2ccccc2)C(C)(C)C)[C@@H](OC)[C@H](OC)[C@H]1OC. The molecule has 0 amide bonds. The lowest BCUT2D eigenvalue weighted by atomic mass is 9.98. The molecule has 182 valence electrons. The molecule has 33 heavy (non-hydrogen) atoms. The molecule has 0 spiro atoms. The van der Waals surface area contributed by atoms with E-state index < -0.39 is 26.8 Å². The number of benzene rings is 2. The summed E-state index contributed by atoms with van der Waals surface area (Å²) >= 11 is 0. The lowest BCUT2D eigenvalue weighted by Crippen LogP contribution is -2.68. The van der Waals surface area contributed by atoms with Crippen LogP contribution in [0.2, 0.25) is 5.04 Å². The van der Waals surface area contributed by atoms with Crippen LogP contribution in [0.25, 0.3) is 0 Å². The zero-order chi connectivity index (χ0) is 24.1. The van der Waals surface area contributed by atoms with Crippen molar-refractivity contribution in [3.8, 4) is 0 Å². The Kier molecular flexibility index (Phi) is 8.86. The highest BCUT2D eigenvalue weighted by Gasteiger charge is 2.53. The van der Waals surface area contributed by atoms with Gasteiger partial charge in [-0.2, -0.15) is 0 Å². The molecule has 0 N–H and O–H groups in total. The van der Waals surface area contributed by atoms with Gasteiger partial charge in [0.15, 0.2) is 6.29 Å². The van der Waals surface area contributed by atoms with Gasteiger partial charge in [0.25, 0.3) is 8.32 Å². The van der Waals surface area contributed by atoms with Gasteiger partial charge in [0.1, 0.15) is 24.4 Å². The summed E-state index contributed by atoms with van der Waals surface area (Å²) in [6, 6.07) is 21.1. The molecule has 2 aromatic rings. The number of hydrogen-bond donors (Lipinski definition) is 0. The summed E-state index contributed by atoms with van der Waals surface area (Å²) in [5, 5.41) is 2.30. The Bertz CT molecular complexity index is 801. The van der Waals surface area contributed by atoms with E-state index in [9.17, 15) is 0 Å². The van der Waals surface area contributed by atoms with E-state index in [0.29, 0.717) is 6.61 Å². The van der Waals surface area contributed by atoms with Gasteiger partial charge in [-0.05, 0) is 15.4 Å². The second kappa shape index (κ2) is 11.2. The van der Waals surface area contributed by atoms with Gasteiger partial charge in [0.2, 0.25) is 0 Å². The fourth-order valence-electron chi connectivity index (χ4n) is 4.97. The third-order valence-corrected chi connectivity index (χ3v) is 11.5. The average molecular weight is 475 g/mol. The second-order valence-electron chi connectivity index (χ2n) is 9.35. The van der Waals surface area contributed by atoms with Crippen LogP contribution in [0.4, 0.5) is 0 Å². The van der Waals surface area contributed by atoms with Crippen molar-refractivity contribution in [2.75, 3.05) is 35.0 Å². The Balaban J connectivity index is 2.02. The van der Waals surface area contributed by atoms with Crippen molar-refractivity contribution in [3.63, 3.8) is 0 Å². The zero-order valence-electron chi connectivity index (χ0n) is 20.8. The minimum Gasteiger partial charge on any atom is -0.405 e. The van der Waals surface area contributed by atoms with Crippen molar-refractivity contribution in [2.24, 2.45) is 0 Å². The van der Waals surface area contributed by atoms with Crippen molar-refractivity contribution < 1.29 is 28.1 Å². The summed E-state index contributed by atoms with van der Waals surface area (Å²) in [7, 11) is 3.83. The van der Waals surface area contributed by atoms with E-state index in [0.717, 1.165) is 0 Å². The van der Waals surface area contributed by atoms with Crippen molar-refractivity contribution in [1.29, 1.82) is 0 Å². The molecule has 7 heteroatoms. The Hall–Kier alpha value is -1.58. The van der Waals surface area contributed by atoms with Gasteiger partial charge in [0.05, 0.1) is 6.61 Å². The molecule has 0 aromatic heterocycles. The van der Waals surface area contributed by atoms with E-state index in [1.165, 1.54) is 10.4 Å². The fraction of sp³-hybridized carbons (Fsp3) is 0.538. The normalized spacial score (nSPS) is 26.3. The first-order chi connectivity index (χ1) is 15.8. The number of ether oxygens (including phenoxy) is 5. The van der Waals surface area contributed by atoms with Gasteiger partial charge in [-0.25, -0.2) is 0 Å². The highest BCUT2D eigenvalue weighted by atomic mass is 28.4. The third kappa shape index (κ3) is 5.10. The molecule has 0 unspecified atom stereocenters. The van der Waals surface area contributed by atoms with Crippen LogP contribution in [0.3, 0.4) is 0 Å². The van der Waals surface area contributed by atoms with Crippen LogP contribution in [-0.2, 0) is 28.1 Å². The molecule has 0 aliphatic carbocycles. The molecule has 3 rings (SSSR count). The molecule has 1 saturated heterocycles. The quantitative estimate of drug-likeness (QED) is 0.521. The van der Waals surface area contributed by atoms with Gasteiger partial charge in [-0.3, -0.25) is 0 Å². The van der Waals surface area contributed by atoms with Crippen molar-refractivity contribution in [2.45, 2.75) is 56.5 Å². The van der Waals surface area contributed by atoms with Crippen molar-refractivity contribution in [3.05, 3.63) is 60.7 Å². The molecule has 1 heterocycles. The maximum Gasteiger partial charge on any atom is 0.261 e. The van der Waals surface area contributed by atoms with E-state index >= 15 is 0 Å². The van der Waals surface area contributed by atoms with Crippen LogP contribution in [-0.4, -0.2) is 74.1 Å². The Morgan fingerprint density at radius 1 is 0.697 bits per heavy atom. The molecule has 1 aliphatic rings. The standard InChI is InChI=1S/C26H38O6Si/c1-26(2,3)33(19-14-10-8-11-15-19,20-16-12-9-13-17-20)31-18-21-22(27-4)23(28-5)24(29-6)25(30-7)32-21/h8-17,21-25H,18H2,1-7H3/t21-,22-,23+,24-,25-/m1/s1. The Morgan fingerprint density at radius 2 is 1.18 bits per heavy atom. The monoisotopic (exact) mass is 474 g/mol. The first-order valence-electron chi connectivity index (χ1n) is 11.4. The van der Waals surface area contributed by atoms with Gasteiger partial charge in [-0.1, -0.05) is 81.4 Å². The average Bonchev–Trinajstić information content (AvgIpc) is 2.83. The van der Waals surface area contributed by atoms with Crippen LogP contribution in [0.5, 0.6) is 0 Å². The maximum absolute atomic E-state index is 7.07. The molecule has 1 aliphatic heterocycles. The molecule has 0 radical (unpaired) electrons. The molecule has 6 nitrogen and oxygen atoms in total. The summed E-state index contributed by atoms with van der Waals surface area (Å²) in [6.45, 7) is 7.10. The highest BCUT2D eigenvalue weighted by molar-refractivity contribution is 6.99. The molecule has 1 fully saturated rings. The maximum atomic E-state index is 7.07. The van der Waals surface area contributed by atoms with Crippen LogP contribution >= 0.6 is 0 Å². The van der Waals surface area contributed by atoms with Crippen molar-refractivity contribution in [1.82, 2.24) is 0 Å². The van der Waals surface area contributed by atoms with Crippen LogP contribution in [0.1, 0.15) is 20.8 Å². The summed E-state index contributed by atoms with van der Waals surface area (Å²) in [5.74, 6) is 0. The third-order valence-electron chi connectivity index (χ3n) is 6.52. The first kappa shape index (κ1) is 26.0. The van der Waals surface area contributed by atoms with Gasteiger partial charge in [0, 0.05) is 28.4 Å². The van der Waals surface area contributed by atoms with Crippen LogP contribution < -0.4 is 10.4 Å². The fourth-order valence-corrected chi connectivity index (χ4v) is 9.54. The van der Waals surface area contributed by atoms with Crippen molar-refractivity contribution >= 4 is 18.7 Å². The molecular formula is C26H38O6Si. The minimum absolute atomic E-state index is 0.136. The molecule has 5 atom stereocenters. The summed E-state index contributed by atoms with van der Waals surface area (Å²) in [5.41, 5.74) is 0. The smallest absolute Gasteiger partial charge is 0.261 e. The predicted octanol–water partition coefficient (Wildman–Crippen LogP) is 2.98. The Labute approximate surface area is 199 Å². The van der Waals surface area contributed by atoms with E-state index in [4.69, 9.17) is 28.1 Å². The zero-order valence-corrected chi connectivity index (χ0v) is 21.8. The van der Waals surface area contributed by atoms with E-state index in [-0.39, 0.29) is 17.2 Å². The summed E-state index contributed by atoms with van der Waals surface area (Å²) in [4.78, 5) is 0. The molecule has 0 saturated carbocycles. The predicted molar refractivity (Wildman–Crippen MR) is 132 cm³/mol. The van der Waals surface area contributed by atoms with E-state index in [1.54, 1.807) is 28.4 Å². The van der Waals surface area contributed by atoms with Gasteiger partial charge < -0.3 is 28.1 Å². The lowest BCUT2D eigenvalue weighted by molar-refractivity contribution is -0.305. The molecule has 2 aromatic carbocycles. The topological polar surface area (TPSA) is 55.4 Å². The van der Waals surface area contributed by atoms with Gasteiger partial charge in [-0.15, -0.1) is 0 Å². The summed E-state index contributed by atoms with van der Waals surface area (Å²) in [6.07, 6.45) is -2.11. The summed E-state index contributed by atoms with van der Waals surface area (Å²) < 4.78 is 36.2. The first-order valence-corrected chi connectivity index (χ1v) is 13.3. The van der Waals surface area contributed by atoms with Gasteiger partial charge >= 0.3 is 0 Å². The molecular weight excluding hydrogens is 436 g/mol. The van der Waals surface area contributed by atoms with E-state index in [2.05, 4.69) is 69.3 Å². The number of methoxy groups -OCH3 is 4. The number of hydrogen-bond acceptors (Lipinski definition) is 6. The number of rotatable bonds is 9. The minimum atomic E-state index is -2.71. The lowest BCUT2D eigenvalue weighted by Gasteiger charge is -2.47. The molecule has 0 bridgehead atoms. The Morgan fingerprint density at radius 3 is 1.58 bits per heavy atom.